The molecule has 1 aromatic rings. The highest BCUT2D eigenvalue weighted by Gasteiger charge is 2.30. The van der Waals surface area contributed by atoms with E-state index in [4.69, 9.17) is 10.4 Å². The third kappa shape index (κ3) is 3.25. The van der Waals surface area contributed by atoms with Crippen molar-refractivity contribution in [3.63, 3.8) is 0 Å². The average molecular weight is 290 g/mol. The molecular formula is C13H14N4O4. The van der Waals surface area contributed by atoms with Gasteiger partial charge in [-0.05, 0) is 19.3 Å². The van der Waals surface area contributed by atoms with Gasteiger partial charge in [0.1, 0.15) is 6.07 Å². The van der Waals surface area contributed by atoms with Gasteiger partial charge in [-0.15, -0.1) is 0 Å². The van der Waals surface area contributed by atoms with Crippen molar-refractivity contribution in [1.29, 1.82) is 5.26 Å². The third-order valence-corrected chi connectivity index (χ3v) is 3.48. The molecule has 1 aliphatic heterocycles. The standard InChI is InChI=1S/C13H14N4O4/c14-7-9-5-11(17(20)21)13(15-8-9)16-4-2-1-3-10(16)6-12(18)19/h5,8,10H,1-4,6H2,(H,18,19). The summed E-state index contributed by atoms with van der Waals surface area (Å²) in [6, 6.07) is 2.68. The van der Waals surface area contributed by atoms with Gasteiger partial charge >= 0.3 is 11.7 Å². The summed E-state index contributed by atoms with van der Waals surface area (Å²) in [6.07, 6.45) is 3.56. The number of hydrogen-bond acceptors (Lipinski definition) is 6. The Hall–Kier alpha value is -2.69. The summed E-state index contributed by atoms with van der Waals surface area (Å²) in [5, 5.41) is 29.0. The molecule has 1 saturated heterocycles. The molecule has 21 heavy (non-hydrogen) atoms. The summed E-state index contributed by atoms with van der Waals surface area (Å²) >= 11 is 0. The van der Waals surface area contributed by atoms with Crippen LogP contribution in [0.2, 0.25) is 0 Å². The van der Waals surface area contributed by atoms with Crippen LogP contribution in [0.3, 0.4) is 0 Å². The molecule has 1 atom stereocenters. The molecule has 0 radical (unpaired) electrons. The fourth-order valence-electron chi connectivity index (χ4n) is 2.56. The number of aromatic nitrogens is 1. The molecule has 0 bridgehead atoms. The summed E-state index contributed by atoms with van der Waals surface area (Å²) in [4.78, 5) is 27.2. The number of hydrogen-bond donors (Lipinski definition) is 1. The normalized spacial score (nSPS) is 18.0. The van der Waals surface area contributed by atoms with Gasteiger partial charge in [-0.25, -0.2) is 4.98 Å². The molecular weight excluding hydrogens is 276 g/mol. The van der Waals surface area contributed by atoms with Crippen LogP contribution in [-0.2, 0) is 4.79 Å². The zero-order valence-corrected chi connectivity index (χ0v) is 11.2. The van der Waals surface area contributed by atoms with Gasteiger partial charge in [0.15, 0.2) is 0 Å². The molecule has 1 aromatic heterocycles. The number of nitro groups is 1. The van der Waals surface area contributed by atoms with Crippen molar-refractivity contribution in [2.75, 3.05) is 11.4 Å². The van der Waals surface area contributed by atoms with E-state index < -0.39 is 10.9 Å². The van der Waals surface area contributed by atoms with Crippen molar-refractivity contribution in [2.45, 2.75) is 31.7 Å². The van der Waals surface area contributed by atoms with E-state index in [2.05, 4.69) is 4.98 Å². The summed E-state index contributed by atoms with van der Waals surface area (Å²) < 4.78 is 0. The molecule has 1 N–H and O–H groups in total. The van der Waals surface area contributed by atoms with Gasteiger partial charge in [-0.1, -0.05) is 0 Å². The molecule has 1 unspecified atom stereocenters. The largest absolute Gasteiger partial charge is 0.481 e. The zero-order chi connectivity index (χ0) is 15.4. The van der Waals surface area contributed by atoms with E-state index in [9.17, 15) is 14.9 Å². The molecule has 8 heteroatoms. The van der Waals surface area contributed by atoms with Crippen LogP contribution in [0.25, 0.3) is 0 Å². The lowest BCUT2D eigenvalue weighted by Gasteiger charge is -2.35. The maximum atomic E-state index is 11.2. The first-order chi connectivity index (χ1) is 10.0. The van der Waals surface area contributed by atoms with Crippen molar-refractivity contribution in [1.82, 2.24) is 4.98 Å². The van der Waals surface area contributed by atoms with E-state index in [-0.39, 0.29) is 29.5 Å². The first kappa shape index (κ1) is 14.7. The average Bonchev–Trinajstić information content (AvgIpc) is 2.46. The number of carbonyl (C=O) groups is 1. The van der Waals surface area contributed by atoms with E-state index >= 15 is 0 Å². The van der Waals surface area contributed by atoms with Crippen LogP contribution in [0.5, 0.6) is 0 Å². The van der Waals surface area contributed by atoms with Crippen molar-refractivity contribution in [2.24, 2.45) is 0 Å². The van der Waals surface area contributed by atoms with Crippen LogP contribution in [0.15, 0.2) is 12.3 Å². The van der Waals surface area contributed by atoms with Crippen LogP contribution in [0.4, 0.5) is 11.5 Å². The van der Waals surface area contributed by atoms with Crippen LogP contribution >= 0.6 is 0 Å². The lowest BCUT2D eigenvalue weighted by molar-refractivity contribution is -0.384. The Labute approximate surface area is 120 Å². The van der Waals surface area contributed by atoms with Gasteiger partial charge in [-0.2, -0.15) is 5.26 Å². The van der Waals surface area contributed by atoms with Crippen molar-refractivity contribution in [3.8, 4) is 6.07 Å². The molecule has 1 aliphatic rings. The fourth-order valence-corrected chi connectivity index (χ4v) is 2.56. The van der Waals surface area contributed by atoms with Crippen molar-refractivity contribution in [3.05, 3.63) is 27.9 Å². The molecule has 0 aliphatic carbocycles. The van der Waals surface area contributed by atoms with E-state index in [1.807, 2.05) is 6.07 Å². The highest BCUT2D eigenvalue weighted by molar-refractivity contribution is 5.69. The van der Waals surface area contributed by atoms with E-state index in [1.165, 1.54) is 12.3 Å². The van der Waals surface area contributed by atoms with Gasteiger partial charge in [0, 0.05) is 24.8 Å². The maximum Gasteiger partial charge on any atom is 0.312 e. The Morgan fingerprint density at radius 1 is 1.62 bits per heavy atom. The summed E-state index contributed by atoms with van der Waals surface area (Å²) in [7, 11) is 0. The first-order valence-corrected chi connectivity index (χ1v) is 6.56. The van der Waals surface area contributed by atoms with E-state index in [1.54, 1.807) is 4.90 Å². The summed E-state index contributed by atoms with van der Waals surface area (Å²) in [6.45, 7) is 0.525. The van der Waals surface area contributed by atoms with E-state index in [0.717, 1.165) is 12.8 Å². The smallest absolute Gasteiger partial charge is 0.312 e. The molecule has 0 aromatic carbocycles. The Bertz CT molecular complexity index is 611. The second kappa shape index (κ2) is 6.17. The quantitative estimate of drug-likeness (QED) is 0.661. The minimum absolute atomic E-state index is 0.0845. The second-order valence-electron chi connectivity index (χ2n) is 4.88. The molecule has 0 saturated carbocycles. The second-order valence-corrected chi connectivity index (χ2v) is 4.88. The van der Waals surface area contributed by atoms with Crippen LogP contribution < -0.4 is 4.90 Å². The van der Waals surface area contributed by atoms with Gasteiger partial charge in [0.05, 0.1) is 16.9 Å². The number of pyridine rings is 1. The highest BCUT2D eigenvalue weighted by atomic mass is 16.6. The molecule has 2 heterocycles. The number of carboxylic acid groups (broad SMARTS) is 1. The van der Waals surface area contributed by atoms with Crippen molar-refractivity contribution >= 4 is 17.5 Å². The molecule has 2 rings (SSSR count). The SMILES string of the molecule is N#Cc1cnc(N2CCCCC2CC(=O)O)c([N+](=O)[O-])c1. The van der Waals surface area contributed by atoms with E-state index in [0.29, 0.717) is 13.0 Å². The number of nitriles is 1. The number of piperidine rings is 1. The van der Waals surface area contributed by atoms with Crippen LogP contribution in [-0.4, -0.2) is 33.6 Å². The number of anilines is 1. The summed E-state index contributed by atoms with van der Waals surface area (Å²) in [5.74, 6) is -0.798. The zero-order valence-electron chi connectivity index (χ0n) is 11.2. The Morgan fingerprint density at radius 3 is 3.00 bits per heavy atom. The predicted octanol–water partition coefficient (Wildman–Crippen LogP) is 1.70. The monoisotopic (exact) mass is 290 g/mol. The van der Waals surface area contributed by atoms with Crippen LogP contribution in [0.1, 0.15) is 31.2 Å². The summed E-state index contributed by atoms with van der Waals surface area (Å²) in [5.41, 5.74) is -0.149. The maximum absolute atomic E-state index is 11.2. The number of rotatable bonds is 4. The predicted molar refractivity (Wildman–Crippen MR) is 72.8 cm³/mol. The first-order valence-electron chi connectivity index (χ1n) is 6.56. The number of nitrogens with zero attached hydrogens (tertiary/aromatic N) is 4. The van der Waals surface area contributed by atoms with Gasteiger partial charge < -0.3 is 10.0 Å². The van der Waals surface area contributed by atoms with Crippen molar-refractivity contribution < 1.29 is 14.8 Å². The molecule has 8 nitrogen and oxygen atoms in total. The van der Waals surface area contributed by atoms with Gasteiger partial charge in [0.2, 0.25) is 5.82 Å². The number of carboxylic acids is 1. The molecule has 1 fully saturated rings. The topological polar surface area (TPSA) is 120 Å². The fraction of sp³-hybridized carbons (Fsp3) is 0.462. The minimum atomic E-state index is -0.941. The lowest BCUT2D eigenvalue weighted by Crippen LogP contribution is -2.41. The Kier molecular flexibility index (Phi) is 4.33. The lowest BCUT2D eigenvalue weighted by atomic mass is 9.99. The molecule has 0 amide bonds. The highest BCUT2D eigenvalue weighted by Crippen LogP contribution is 2.32. The van der Waals surface area contributed by atoms with Gasteiger partial charge in [0.25, 0.3) is 0 Å². The Morgan fingerprint density at radius 2 is 2.38 bits per heavy atom. The van der Waals surface area contributed by atoms with Gasteiger partial charge in [-0.3, -0.25) is 14.9 Å². The Balaban J connectivity index is 2.40. The third-order valence-electron chi connectivity index (χ3n) is 3.48. The molecule has 110 valence electrons. The molecule has 0 spiro atoms. The van der Waals surface area contributed by atoms with Crippen LogP contribution in [0, 0.1) is 21.4 Å². The minimum Gasteiger partial charge on any atom is -0.481 e. The number of aliphatic carboxylic acids is 1.